The van der Waals surface area contributed by atoms with Gasteiger partial charge in [-0.15, -0.1) is 0 Å². The maximum atomic E-state index is 4.81. The van der Waals surface area contributed by atoms with Gasteiger partial charge in [0.2, 0.25) is 11.9 Å². The minimum Gasteiger partial charge on any atom is -0.338 e. The predicted octanol–water partition coefficient (Wildman–Crippen LogP) is 2.47. The lowest BCUT2D eigenvalue weighted by Gasteiger charge is -2.28. The summed E-state index contributed by atoms with van der Waals surface area (Å²) in [4.78, 5) is 18.2. The summed E-state index contributed by atoms with van der Waals surface area (Å²) < 4.78 is 0. The first kappa shape index (κ1) is 16.2. The van der Waals surface area contributed by atoms with Gasteiger partial charge < -0.3 is 15.1 Å². The lowest BCUT2D eigenvalue weighted by Crippen LogP contribution is -2.44. The molecule has 3 aromatic rings. The largest absolute Gasteiger partial charge is 0.338 e. The van der Waals surface area contributed by atoms with E-state index in [0.29, 0.717) is 0 Å². The number of hydrogen-bond donors (Lipinski definition) is 1. The Morgan fingerprint density at radius 3 is 1.89 bits per heavy atom. The zero-order valence-electron chi connectivity index (χ0n) is 15.2. The minimum atomic E-state index is 0.741. The van der Waals surface area contributed by atoms with Gasteiger partial charge in [-0.25, -0.2) is 9.97 Å². The van der Waals surface area contributed by atoms with Crippen molar-refractivity contribution in [3.8, 4) is 11.1 Å². The topological polar surface area (TPSA) is 57.2 Å². The monoisotopic (exact) mass is 358 g/mol. The van der Waals surface area contributed by atoms with Crippen LogP contribution in [0.25, 0.3) is 11.1 Å². The van der Waals surface area contributed by atoms with Crippen LogP contribution < -0.4 is 15.1 Å². The van der Waals surface area contributed by atoms with Gasteiger partial charge in [0.15, 0.2) is 0 Å². The molecule has 5 rings (SSSR count). The van der Waals surface area contributed by atoms with E-state index < -0.39 is 0 Å². The maximum Gasteiger partial charge on any atom is 0.230 e. The van der Waals surface area contributed by atoms with Gasteiger partial charge in [0.25, 0.3) is 0 Å². The quantitative estimate of drug-likeness (QED) is 0.759. The molecule has 1 aromatic heterocycles. The Kier molecular flexibility index (Phi) is 4.18. The van der Waals surface area contributed by atoms with Crippen LogP contribution in [0.5, 0.6) is 0 Å². The Morgan fingerprint density at radius 1 is 0.704 bits per heavy atom. The van der Waals surface area contributed by atoms with Crippen LogP contribution in [0.2, 0.25) is 0 Å². The molecule has 136 valence electrons. The van der Waals surface area contributed by atoms with Crippen LogP contribution in [0.4, 0.5) is 11.9 Å². The number of piperazine rings is 1. The average Bonchev–Trinajstić information content (AvgIpc) is 2.91. The number of nitrogens with zero attached hydrogens (tertiary/aromatic N) is 5. The summed E-state index contributed by atoms with van der Waals surface area (Å²) in [6.07, 6.45) is 1.64. The van der Waals surface area contributed by atoms with E-state index >= 15 is 0 Å². The van der Waals surface area contributed by atoms with E-state index in [0.717, 1.165) is 51.2 Å². The highest BCUT2D eigenvalue weighted by atomic mass is 15.3. The van der Waals surface area contributed by atoms with Crippen molar-refractivity contribution >= 4 is 11.9 Å². The zero-order chi connectivity index (χ0) is 18.1. The lowest BCUT2D eigenvalue weighted by molar-refractivity contribution is 0.578. The molecular formula is C21H22N6. The molecular weight excluding hydrogens is 336 g/mol. The number of nitrogens with one attached hydrogen (secondary N) is 1. The van der Waals surface area contributed by atoms with Crippen molar-refractivity contribution in [2.24, 2.45) is 0 Å². The van der Waals surface area contributed by atoms with Crippen LogP contribution >= 0.6 is 0 Å². The van der Waals surface area contributed by atoms with Crippen LogP contribution in [-0.4, -0.2) is 41.1 Å². The molecule has 6 nitrogen and oxygen atoms in total. The molecule has 2 aliphatic heterocycles. The van der Waals surface area contributed by atoms with Crippen molar-refractivity contribution in [1.29, 1.82) is 0 Å². The van der Waals surface area contributed by atoms with Gasteiger partial charge in [0.1, 0.15) is 6.33 Å². The number of benzene rings is 2. The summed E-state index contributed by atoms with van der Waals surface area (Å²) in [5.74, 6) is 1.51. The molecule has 0 radical (unpaired) electrons. The fourth-order valence-electron chi connectivity index (χ4n) is 3.90. The van der Waals surface area contributed by atoms with Gasteiger partial charge in [-0.05, 0) is 22.3 Å². The van der Waals surface area contributed by atoms with E-state index in [2.05, 4.69) is 73.6 Å². The van der Waals surface area contributed by atoms with Crippen molar-refractivity contribution < 1.29 is 0 Å². The van der Waals surface area contributed by atoms with Gasteiger partial charge in [-0.2, -0.15) is 4.98 Å². The van der Waals surface area contributed by atoms with Crippen molar-refractivity contribution in [1.82, 2.24) is 20.3 Å². The fraction of sp³-hybridized carbons (Fsp3) is 0.286. The molecule has 1 fully saturated rings. The smallest absolute Gasteiger partial charge is 0.230 e. The Labute approximate surface area is 158 Å². The summed E-state index contributed by atoms with van der Waals surface area (Å²) in [5.41, 5.74) is 5.19. The van der Waals surface area contributed by atoms with Crippen molar-refractivity contribution in [2.75, 3.05) is 36.0 Å². The molecule has 0 unspecified atom stereocenters. The number of anilines is 2. The Bertz CT molecular complexity index is 903. The predicted molar refractivity (Wildman–Crippen MR) is 107 cm³/mol. The van der Waals surface area contributed by atoms with Crippen molar-refractivity contribution in [2.45, 2.75) is 13.1 Å². The molecule has 27 heavy (non-hydrogen) atoms. The van der Waals surface area contributed by atoms with Gasteiger partial charge >= 0.3 is 0 Å². The summed E-state index contributed by atoms with van der Waals surface area (Å²) >= 11 is 0. The Morgan fingerprint density at radius 2 is 1.26 bits per heavy atom. The van der Waals surface area contributed by atoms with Crippen LogP contribution in [0.15, 0.2) is 54.9 Å². The lowest BCUT2D eigenvalue weighted by atomic mass is 9.97. The zero-order valence-corrected chi connectivity index (χ0v) is 15.2. The standard InChI is InChI=1S/C21H22N6/c1-3-7-18-16(5-1)13-27(14-17-6-2-4-8-19(17)18)21-24-15-23-20(25-21)26-11-9-22-10-12-26/h1-8,15,22H,9-14H2. The first-order chi connectivity index (χ1) is 13.4. The third kappa shape index (κ3) is 3.13. The van der Waals surface area contributed by atoms with E-state index in [1.807, 2.05) is 0 Å². The minimum absolute atomic E-state index is 0.741. The Balaban J connectivity index is 1.53. The van der Waals surface area contributed by atoms with Gasteiger partial charge in [0.05, 0.1) is 0 Å². The number of rotatable bonds is 2. The van der Waals surface area contributed by atoms with E-state index in [9.17, 15) is 0 Å². The molecule has 1 saturated heterocycles. The molecule has 6 heteroatoms. The van der Waals surface area contributed by atoms with Gasteiger partial charge in [-0.1, -0.05) is 48.5 Å². The molecule has 2 aliphatic rings. The number of hydrogen-bond acceptors (Lipinski definition) is 6. The van der Waals surface area contributed by atoms with E-state index in [-0.39, 0.29) is 0 Å². The Hall–Kier alpha value is -2.99. The first-order valence-electron chi connectivity index (χ1n) is 9.44. The summed E-state index contributed by atoms with van der Waals surface area (Å²) in [6, 6.07) is 17.2. The van der Waals surface area contributed by atoms with E-state index in [4.69, 9.17) is 4.98 Å². The van der Waals surface area contributed by atoms with Gasteiger partial charge in [-0.3, -0.25) is 0 Å². The normalized spacial score (nSPS) is 16.4. The highest BCUT2D eigenvalue weighted by Gasteiger charge is 2.22. The first-order valence-corrected chi connectivity index (χ1v) is 9.44. The molecule has 0 spiro atoms. The maximum absolute atomic E-state index is 4.81. The molecule has 2 aromatic carbocycles. The van der Waals surface area contributed by atoms with E-state index in [1.54, 1.807) is 6.33 Å². The fourth-order valence-corrected chi connectivity index (χ4v) is 3.90. The summed E-state index contributed by atoms with van der Waals surface area (Å²) in [6.45, 7) is 5.35. The van der Waals surface area contributed by atoms with Crippen molar-refractivity contribution in [3.63, 3.8) is 0 Å². The summed E-state index contributed by atoms with van der Waals surface area (Å²) in [7, 11) is 0. The highest BCUT2D eigenvalue weighted by molar-refractivity contribution is 5.72. The molecule has 0 atom stereocenters. The van der Waals surface area contributed by atoms with Crippen molar-refractivity contribution in [3.05, 3.63) is 66.0 Å². The molecule has 3 heterocycles. The molecule has 0 aliphatic carbocycles. The molecule has 0 amide bonds. The van der Waals surface area contributed by atoms with Crippen LogP contribution in [-0.2, 0) is 13.1 Å². The second kappa shape index (κ2) is 6.96. The molecule has 0 saturated carbocycles. The highest BCUT2D eigenvalue weighted by Crippen LogP contribution is 2.33. The summed E-state index contributed by atoms with van der Waals surface area (Å²) in [5, 5.41) is 3.37. The second-order valence-electron chi connectivity index (χ2n) is 6.99. The molecule has 1 N–H and O–H groups in total. The number of fused-ring (bicyclic) bond motifs is 3. The SMILES string of the molecule is c1ccc2c(c1)CN(c1ncnc(N3CCNCC3)n1)Cc1ccccc1-2. The van der Waals surface area contributed by atoms with E-state index in [1.165, 1.54) is 22.3 Å². The average molecular weight is 358 g/mol. The number of aromatic nitrogens is 3. The van der Waals surface area contributed by atoms with Crippen LogP contribution in [0, 0.1) is 0 Å². The van der Waals surface area contributed by atoms with Crippen LogP contribution in [0.1, 0.15) is 11.1 Å². The van der Waals surface area contributed by atoms with Gasteiger partial charge in [0, 0.05) is 39.3 Å². The molecule has 0 bridgehead atoms. The second-order valence-corrected chi connectivity index (χ2v) is 6.99. The van der Waals surface area contributed by atoms with Crippen LogP contribution in [0.3, 0.4) is 0 Å². The third-order valence-electron chi connectivity index (χ3n) is 5.28. The third-order valence-corrected chi connectivity index (χ3v) is 5.28.